The van der Waals surface area contributed by atoms with Crippen molar-refractivity contribution >= 4 is 21.6 Å². The lowest BCUT2D eigenvalue weighted by atomic mass is 10.1. The average Bonchev–Trinajstić information content (AvgIpc) is 2.95. The molecule has 0 saturated heterocycles. The first kappa shape index (κ1) is 25.4. The van der Waals surface area contributed by atoms with E-state index in [2.05, 4.69) is 5.32 Å². The summed E-state index contributed by atoms with van der Waals surface area (Å²) in [5.41, 5.74) is 2.29. The van der Waals surface area contributed by atoms with Gasteiger partial charge in [-0.3, -0.25) is 9.10 Å². The van der Waals surface area contributed by atoms with E-state index in [0.717, 1.165) is 11.1 Å². The number of fused-ring (bicyclic) bond motifs is 1. The van der Waals surface area contributed by atoms with Crippen LogP contribution < -0.4 is 19.1 Å². The van der Waals surface area contributed by atoms with Gasteiger partial charge in [-0.25, -0.2) is 8.42 Å². The van der Waals surface area contributed by atoms with Crippen molar-refractivity contribution in [2.75, 3.05) is 17.5 Å². The maximum Gasteiger partial charge on any atom is 0.264 e. The van der Waals surface area contributed by atoms with Crippen LogP contribution >= 0.6 is 0 Å². The van der Waals surface area contributed by atoms with Crippen molar-refractivity contribution in [3.63, 3.8) is 0 Å². The second-order valence-corrected chi connectivity index (χ2v) is 10.9. The third-order valence-corrected chi connectivity index (χ3v) is 8.03. The Kier molecular flexibility index (Phi) is 7.33. The number of benzene rings is 4. The van der Waals surface area contributed by atoms with Gasteiger partial charge in [0, 0.05) is 0 Å². The smallest absolute Gasteiger partial charge is 0.264 e. The molecule has 1 aliphatic heterocycles. The molecule has 8 heteroatoms. The zero-order valence-corrected chi connectivity index (χ0v) is 21.7. The van der Waals surface area contributed by atoms with E-state index in [1.54, 1.807) is 48.5 Å². The van der Waals surface area contributed by atoms with Crippen molar-refractivity contribution in [2.45, 2.75) is 24.5 Å². The largest absolute Gasteiger partial charge is 0.486 e. The minimum atomic E-state index is -3.99. The highest BCUT2D eigenvalue weighted by Gasteiger charge is 2.29. The number of carbonyl (C=O) groups is 1. The zero-order chi connectivity index (χ0) is 26.5. The number of para-hydroxylation sites is 3. The first-order chi connectivity index (χ1) is 18.4. The first-order valence-corrected chi connectivity index (χ1v) is 13.7. The summed E-state index contributed by atoms with van der Waals surface area (Å²) in [5.74, 6) is 0.884. The van der Waals surface area contributed by atoms with E-state index in [4.69, 9.17) is 9.47 Å². The summed E-state index contributed by atoms with van der Waals surface area (Å²) in [6, 6.07) is 30.1. The molecule has 7 nitrogen and oxygen atoms in total. The van der Waals surface area contributed by atoms with E-state index in [9.17, 15) is 13.2 Å². The number of aryl methyl sites for hydroxylation is 1. The minimum Gasteiger partial charge on any atom is -0.486 e. The third-order valence-electron chi connectivity index (χ3n) is 6.25. The van der Waals surface area contributed by atoms with Gasteiger partial charge in [0.15, 0.2) is 11.5 Å². The summed E-state index contributed by atoms with van der Waals surface area (Å²) in [6.45, 7) is 2.46. The number of amides is 1. The summed E-state index contributed by atoms with van der Waals surface area (Å²) in [6.07, 6.45) is -0.377. The molecular formula is C30H28N2O5S. The molecule has 4 aromatic carbocycles. The number of carbonyl (C=O) groups excluding carboxylic acids is 1. The molecule has 194 valence electrons. The summed E-state index contributed by atoms with van der Waals surface area (Å²) in [7, 11) is -3.99. The molecule has 1 amide bonds. The Balaban J connectivity index is 1.43. The number of anilines is 1. The number of hydrogen-bond acceptors (Lipinski definition) is 5. The SMILES string of the molecule is Cc1ccc(S(=O)(=O)N(Cc2ccccc2)c2ccccc2C(=O)NC[C@H]2COc3ccccc3O2)cc1. The Hall–Kier alpha value is -4.30. The van der Waals surface area contributed by atoms with Gasteiger partial charge in [0.25, 0.3) is 15.9 Å². The molecular weight excluding hydrogens is 500 g/mol. The van der Waals surface area contributed by atoms with Gasteiger partial charge in [-0.05, 0) is 48.9 Å². The number of hydrogen-bond donors (Lipinski definition) is 1. The van der Waals surface area contributed by atoms with E-state index in [-0.39, 0.29) is 29.7 Å². The minimum absolute atomic E-state index is 0.0672. The van der Waals surface area contributed by atoms with Crippen LogP contribution in [0.5, 0.6) is 11.5 Å². The van der Waals surface area contributed by atoms with Crippen molar-refractivity contribution < 1.29 is 22.7 Å². The van der Waals surface area contributed by atoms with Crippen LogP contribution in [0.3, 0.4) is 0 Å². The van der Waals surface area contributed by atoms with Crippen LogP contribution in [0, 0.1) is 6.92 Å². The van der Waals surface area contributed by atoms with Crippen LogP contribution in [0.1, 0.15) is 21.5 Å². The van der Waals surface area contributed by atoms with Crippen LogP contribution in [-0.2, 0) is 16.6 Å². The van der Waals surface area contributed by atoms with Gasteiger partial charge < -0.3 is 14.8 Å². The number of rotatable bonds is 8. The molecule has 1 heterocycles. The quantitative estimate of drug-likeness (QED) is 0.349. The number of ether oxygens (including phenoxy) is 2. The highest BCUT2D eigenvalue weighted by atomic mass is 32.2. The normalized spacial score (nSPS) is 14.5. The Morgan fingerprint density at radius 3 is 2.29 bits per heavy atom. The molecule has 0 fully saturated rings. The van der Waals surface area contributed by atoms with Gasteiger partial charge in [-0.15, -0.1) is 0 Å². The maximum absolute atomic E-state index is 13.9. The molecule has 0 aromatic heterocycles. The van der Waals surface area contributed by atoms with E-state index in [1.165, 1.54) is 4.31 Å². The van der Waals surface area contributed by atoms with Gasteiger partial charge in [0.2, 0.25) is 0 Å². The lowest BCUT2D eigenvalue weighted by Crippen LogP contribution is -2.41. The van der Waals surface area contributed by atoms with E-state index >= 15 is 0 Å². The molecule has 38 heavy (non-hydrogen) atoms. The number of sulfonamides is 1. The fourth-order valence-corrected chi connectivity index (χ4v) is 5.71. The van der Waals surface area contributed by atoms with E-state index < -0.39 is 15.9 Å². The molecule has 4 aromatic rings. The Bertz CT molecular complexity index is 1520. The van der Waals surface area contributed by atoms with Crippen LogP contribution in [0.15, 0.2) is 108 Å². The lowest BCUT2D eigenvalue weighted by Gasteiger charge is -2.28. The highest BCUT2D eigenvalue weighted by Crippen LogP contribution is 2.31. The van der Waals surface area contributed by atoms with Crippen LogP contribution in [0.2, 0.25) is 0 Å². The molecule has 1 aliphatic rings. The van der Waals surface area contributed by atoms with Crippen molar-refractivity contribution in [1.82, 2.24) is 5.32 Å². The standard InChI is InChI=1S/C30H28N2O5S/c1-22-15-17-25(18-16-22)38(34,35)32(20-23-9-3-2-4-10-23)27-12-6-5-11-26(27)30(33)31-19-24-21-36-28-13-7-8-14-29(28)37-24/h2-18,24H,19-21H2,1H3,(H,31,33)/t24-/m0/s1. The van der Waals surface area contributed by atoms with Crippen molar-refractivity contribution in [1.29, 1.82) is 0 Å². The van der Waals surface area contributed by atoms with Crippen LogP contribution in [-0.4, -0.2) is 33.6 Å². The Morgan fingerprint density at radius 2 is 1.53 bits per heavy atom. The Labute approximate surface area is 222 Å². The zero-order valence-electron chi connectivity index (χ0n) is 20.9. The van der Waals surface area contributed by atoms with Crippen molar-refractivity contribution in [3.8, 4) is 11.5 Å². The van der Waals surface area contributed by atoms with Gasteiger partial charge in [0.05, 0.1) is 29.2 Å². The summed E-state index contributed by atoms with van der Waals surface area (Å²) in [4.78, 5) is 13.5. The highest BCUT2D eigenvalue weighted by molar-refractivity contribution is 7.92. The molecule has 5 rings (SSSR count). The monoisotopic (exact) mass is 528 g/mol. The van der Waals surface area contributed by atoms with Crippen molar-refractivity contribution in [2.24, 2.45) is 0 Å². The van der Waals surface area contributed by atoms with Crippen molar-refractivity contribution in [3.05, 3.63) is 120 Å². The molecule has 0 spiro atoms. The van der Waals surface area contributed by atoms with E-state index in [0.29, 0.717) is 23.8 Å². The fraction of sp³-hybridized carbons (Fsp3) is 0.167. The topological polar surface area (TPSA) is 84.9 Å². The van der Waals surface area contributed by atoms with Crippen LogP contribution in [0.4, 0.5) is 5.69 Å². The molecule has 0 aliphatic carbocycles. The molecule has 0 saturated carbocycles. The molecule has 0 bridgehead atoms. The molecule has 1 N–H and O–H groups in total. The average molecular weight is 529 g/mol. The summed E-state index contributed by atoms with van der Waals surface area (Å²) < 4.78 is 40.8. The van der Waals surface area contributed by atoms with Gasteiger partial charge >= 0.3 is 0 Å². The molecule has 0 unspecified atom stereocenters. The predicted octanol–water partition coefficient (Wildman–Crippen LogP) is 4.96. The van der Waals surface area contributed by atoms with E-state index in [1.807, 2.05) is 61.5 Å². The number of nitrogens with zero attached hydrogens (tertiary/aromatic N) is 1. The molecule has 1 atom stereocenters. The second kappa shape index (κ2) is 11.0. The fourth-order valence-electron chi connectivity index (χ4n) is 4.23. The molecule has 0 radical (unpaired) electrons. The van der Waals surface area contributed by atoms with Gasteiger partial charge in [-0.2, -0.15) is 0 Å². The first-order valence-electron chi connectivity index (χ1n) is 12.3. The maximum atomic E-state index is 13.9. The summed E-state index contributed by atoms with van der Waals surface area (Å²) in [5, 5.41) is 2.89. The Morgan fingerprint density at radius 1 is 0.868 bits per heavy atom. The summed E-state index contributed by atoms with van der Waals surface area (Å²) >= 11 is 0. The lowest BCUT2D eigenvalue weighted by molar-refractivity contribution is 0.0789. The van der Waals surface area contributed by atoms with Gasteiger partial charge in [-0.1, -0.05) is 72.3 Å². The number of nitrogens with one attached hydrogen (secondary N) is 1. The van der Waals surface area contributed by atoms with Crippen LogP contribution in [0.25, 0.3) is 0 Å². The second-order valence-electron chi connectivity index (χ2n) is 9.04. The predicted molar refractivity (Wildman–Crippen MR) is 146 cm³/mol. The third kappa shape index (κ3) is 5.50. The van der Waals surface area contributed by atoms with Gasteiger partial charge in [0.1, 0.15) is 12.7 Å².